The minimum Gasteiger partial charge on any atom is -0.504 e. The summed E-state index contributed by atoms with van der Waals surface area (Å²) in [5.74, 6) is -0.0964. The number of Topliss-reactive ketones (excluding diaryl/α,β-unsaturated/α-hetero) is 1. The van der Waals surface area contributed by atoms with Crippen LogP contribution in [0.5, 0.6) is 17.2 Å². The van der Waals surface area contributed by atoms with Crippen molar-refractivity contribution in [3.63, 3.8) is 0 Å². The van der Waals surface area contributed by atoms with E-state index in [1.54, 1.807) is 25.3 Å². The van der Waals surface area contributed by atoms with Crippen molar-refractivity contribution in [1.29, 1.82) is 0 Å². The Kier molecular flexibility index (Phi) is 8.43. The predicted octanol–water partition coefficient (Wildman–Crippen LogP) is 5.95. The quantitative estimate of drug-likeness (QED) is 0.317. The van der Waals surface area contributed by atoms with Gasteiger partial charge in [0.2, 0.25) is 0 Å². The molecule has 1 heterocycles. The van der Waals surface area contributed by atoms with E-state index in [2.05, 4.69) is 5.32 Å². The molecule has 7 heteroatoms. The molecule has 0 aromatic heterocycles. The highest BCUT2D eigenvalue weighted by Gasteiger charge is 2.41. The van der Waals surface area contributed by atoms with E-state index in [1.807, 2.05) is 68.4 Å². The number of ether oxygens (including phenoxy) is 3. The Balaban J connectivity index is 1.49. The third-order valence-electron chi connectivity index (χ3n) is 7.72. The summed E-state index contributed by atoms with van der Waals surface area (Å²) in [5.41, 5.74) is 5.21. The first kappa shape index (κ1) is 28.0. The second kappa shape index (κ2) is 12.3. The minimum absolute atomic E-state index is 0.000895. The molecule has 0 fully saturated rings. The second-order valence-corrected chi connectivity index (χ2v) is 10.3. The SMILES string of the molecule is CCOc1cc([C@@H]2C(C(=O)OCCc3ccccc3)=C(C)NC3=C2C(=O)C[C@H](c2ccc(OC)cc2)C3)ccc1O. The molecule has 2 aliphatic rings. The Morgan fingerprint density at radius 1 is 1.00 bits per heavy atom. The standard InChI is InChI=1S/C34H35NO6/c1-4-40-30-20-24(12-15-28(30)36)32-31(34(38)41-17-16-22-8-6-5-7-9-22)21(2)35-27-18-25(19-29(37)33(27)32)23-10-13-26(39-3)14-11-23/h5-15,20,25,32,35-36H,4,16-19H2,1-3H3/t25-,32-/m1/s1. The van der Waals surface area contributed by atoms with Crippen molar-refractivity contribution in [2.24, 2.45) is 0 Å². The van der Waals surface area contributed by atoms with Crippen LogP contribution in [0.4, 0.5) is 0 Å². The van der Waals surface area contributed by atoms with Crippen LogP contribution in [0.15, 0.2) is 95.3 Å². The van der Waals surface area contributed by atoms with Crippen molar-refractivity contribution in [3.05, 3.63) is 112 Å². The molecule has 0 spiro atoms. The zero-order valence-corrected chi connectivity index (χ0v) is 23.6. The lowest BCUT2D eigenvalue weighted by atomic mass is 9.71. The molecule has 3 aromatic rings. The topological polar surface area (TPSA) is 94.1 Å². The van der Waals surface area contributed by atoms with Crippen LogP contribution in [0.3, 0.4) is 0 Å². The molecule has 0 amide bonds. The molecule has 0 saturated carbocycles. The smallest absolute Gasteiger partial charge is 0.336 e. The highest BCUT2D eigenvalue weighted by molar-refractivity contribution is 6.04. The largest absolute Gasteiger partial charge is 0.504 e. The molecule has 41 heavy (non-hydrogen) atoms. The van der Waals surface area contributed by atoms with Crippen molar-refractivity contribution in [3.8, 4) is 17.2 Å². The van der Waals surface area contributed by atoms with Crippen molar-refractivity contribution in [2.75, 3.05) is 20.3 Å². The van der Waals surface area contributed by atoms with Gasteiger partial charge in [0.1, 0.15) is 5.75 Å². The maximum atomic E-state index is 13.9. The van der Waals surface area contributed by atoms with Crippen LogP contribution >= 0.6 is 0 Å². The maximum absolute atomic E-state index is 13.9. The first-order chi connectivity index (χ1) is 19.9. The Bertz CT molecular complexity index is 1490. The van der Waals surface area contributed by atoms with E-state index in [1.165, 1.54) is 0 Å². The van der Waals surface area contributed by atoms with Gasteiger partial charge in [-0.05, 0) is 67.1 Å². The predicted molar refractivity (Wildman–Crippen MR) is 156 cm³/mol. The average molecular weight is 554 g/mol. The lowest BCUT2D eigenvalue weighted by molar-refractivity contribution is -0.139. The molecule has 2 atom stereocenters. The molecule has 3 aromatic carbocycles. The van der Waals surface area contributed by atoms with Gasteiger partial charge in [0.05, 0.1) is 25.9 Å². The highest BCUT2D eigenvalue weighted by Crippen LogP contribution is 2.47. The van der Waals surface area contributed by atoms with E-state index < -0.39 is 11.9 Å². The van der Waals surface area contributed by atoms with Gasteiger partial charge < -0.3 is 24.6 Å². The number of phenolic OH excluding ortho intramolecular Hbond substituents is 1. The van der Waals surface area contributed by atoms with Crippen LogP contribution in [0, 0.1) is 0 Å². The van der Waals surface area contributed by atoms with Gasteiger partial charge in [0.25, 0.3) is 0 Å². The summed E-state index contributed by atoms with van der Waals surface area (Å²) in [6.45, 7) is 4.26. The van der Waals surface area contributed by atoms with Gasteiger partial charge in [-0.3, -0.25) is 4.79 Å². The van der Waals surface area contributed by atoms with Crippen LogP contribution < -0.4 is 14.8 Å². The summed E-state index contributed by atoms with van der Waals surface area (Å²) in [7, 11) is 1.63. The summed E-state index contributed by atoms with van der Waals surface area (Å²) in [5, 5.41) is 13.8. The van der Waals surface area contributed by atoms with Crippen LogP contribution in [0.25, 0.3) is 0 Å². The Morgan fingerprint density at radius 2 is 1.73 bits per heavy atom. The van der Waals surface area contributed by atoms with Gasteiger partial charge in [-0.25, -0.2) is 4.79 Å². The number of aromatic hydroxyl groups is 1. The fourth-order valence-corrected chi connectivity index (χ4v) is 5.72. The average Bonchev–Trinajstić information content (AvgIpc) is 2.98. The molecular formula is C34H35NO6. The van der Waals surface area contributed by atoms with Crippen LogP contribution in [0.1, 0.15) is 55.2 Å². The first-order valence-electron chi connectivity index (χ1n) is 13.9. The number of rotatable bonds is 9. The summed E-state index contributed by atoms with van der Waals surface area (Å²) in [4.78, 5) is 27.5. The molecule has 212 valence electrons. The van der Waals surface area contributed by atoms with Gasteiger partial charge in [0, 0.05) is 35.7 Å². The first-order valence-corrected chi connectivity index (χ1v) is 13.9. The minimum atomic E-state index is -0.653. The van der Waals surface area contributed by atoms with E-state index in [0.717, 1.165) is 22.6 Å². The van der Waals surface area contributed by atoms with Gasteiger partial charge in [-0.1, -0.05) is 48.5 Å². The number of nitrogens with one attached hydrogen (secondary N) is 1. The van der Waals surface area contributed by atoms with Gasteiger partial charge >= 0.3 is 5.97 Å². The number of benzene rings is 3. The molecule has 0 bridgehead atoms. The number of carbonyl (C=O) groups excluding carboxylic acids is 2. The van der Waals surface area contributed by atoms with Gasteiger partial charge in [0.15, 0.2) is 17.3 Å². The molecule has 5 rings (SSSR count). The monoisotopic (exact) mass is 553 g/mol. The fourth-order valence-electron chi connectivity index (χ4n) is 5.72. The molecule has 0 unspecified atom stereocenters. The molecule has 1 aliphatic carbocycles. The Morgan fingerprint density at radius 3 is 2.44 bits per heavy atom. The Hall–Kier alpha value is -4.52. The van der Waals surface area contributed by atoms with Crippen LogP contribution in [-0.4, -0.2) is 37.2 Å². The highest BCUT2D eigenvalue weighted by atomic mass is 16.5. The van der Waals surface area contributed by atoms with Crippen molar-refractivity contribution in [1.82, 2.24) is 5.32 Å². The molecule has 0 saturated heterocycles. The van der Waals surface area contributed by atoms with E-state index in [4.69, 9.17) is 14.2 Å². The zero-order chi connectivity index (χ0) is 28.9. The summed E-state index contributed by atoms with van der Waals surface area (Å²) in [6.07, 6.45) is 1.52. The lowest BCUT2D eigenvalue weighted by Crippen LogP contribution is -2.36. The number of ketones is 1. The fraction of sp³-hybridized carbons (Fsp3) is 0.294. The van der Waals surface area contributed by atoms with Crippen molar-refractivity contribution < 1.29 is 28.9 Å². The van der Waals surface area contributed by atoms with Crippen LogP contribution in [-0.2, 0) is 20.7 Å². The molecule has 0 radical (unpaired) electrons. The third kappa shape index (κ3) is 5.99. The van der Waals surface area contributed by atoms with E-state index in [-0.39, 0.29) is 24.1 Å². The Labute approximate surface area is 240 Å². The van der Waals surface area contributed by atoms with Crippen molar-refractivity contribution >= 4 is 11.8 Å². The molecular weight excluding hydrogens is 518 g/mol. The number of hydrogen-bond donors (Lipinski definition) is 2. The number of esters is 1. The molecule has 7 nitrogen and oxygen atoms in total. The summed E-state index contributed by atoms with van der Waals surface area (Å²) < 4.78 is 16.7. The summed E-state index contributed by atoms with van der Waals surface area (Å²) in [6, 6.07) is 22.6. The second-order valence-electron chi connectivity index (χ2n) is 10.3. The van der Waals surface area contributed by atoms with Crippen LogP contribution in [0.2, 0.25) is 0 Å². The zero-order valence-electron chi connectivity index (χ0n) is 23.6. The number of hydrogen-bond acceptors (Lipinski definition) is 7. The van der Waals surface area contributed by atoms with Crippen molar-refractivity contribution in [2.45, 2.75) is 44.9 Å². The van der Waals surface area contributed by atoms with E-state index in [9.17, 15) is 14.7 Å². The number of carbonyl (C=O) groups is 2. The number of methoxy groups -OCH3 is 1. The summed E-state index contributed by atoms with van der Waals surface area (Å²) >= 11 is 0. The maximum Gasteiger partial charge on any atom is 0.336 e. The molecule has 2 N–H and O–H groups in total. The van der Waals surface area contributed by atoms with E-state index in [0.29, 0.717) is 54.0 Å². The van der Waals surface area contributed by atoms with Gasteiger partial charge in [-0.2, -0.15) is 0 Å². The number of dihydropyridines is 1. The van der Waals surface area contributed by atoms with Gasteiger partial charge in [-0.15, -0.1) is 0 Å². The number of phenols is 1. The normalized spacial score (nSPS) is 18.5. The lowest BCUT2D eigenvalue weighted by Gasteiger charge is -2.36. The third-order valence-corrected chi connectivity index (χ3v) is 7.72. The molecule has 1 aliphatic heterocycles. The number of allylic oxidation sites excluding steroid dienone is 3. The van der Waals surface area contributed by atoms with E-state index >= 15 is 0 Å².